The molecule has 1 atom stereocenters. The van der Waals surface area contributed by atoms with Gasteiger partial charge in [-0.05, 0) is 48.5 Å². The molecule has 3 aliphatic rings. The normalized spacial score (nSPS) is 26.4. The molecule has 1 unspecified atom stereocenters. The number of thiophene rings is 1. The first-order valence-corrected chi connectivity index (χ1v) is 10.6. The van der Waals surface area contributed by atoms with Gasteiger partial charge in [-0.15, -0.1) is 11.3 Å². The summed E-state index contributed by atoms with van der Waals surface area (Å²) in [4.78, 5) is 18.6. The molecule has 1 aromatic rings. The third-order valence-corrected chi connectivity index (χ3v) is 7.34. The van der Waals surface area contributed by atoms with Crippen LogP contribution in [-0.4, -0.2) is 55.6 Å². The Bertz CT molecular complexity index is 577. The summed E-state index contributed by atoms with van der Waals surface area (Å²) >= 11 is 1.85. The maximum atomic E-state index is 12.4. The average molecular weight is 363 g/mol. The highest BCUT2D eigenvalue weighted by molar-refractivity contribution is 7.09. The fourth-order valence-corrected chi connectivity index (χ4v) is 5.53. The van der Waals surface area contributed by atoms with Gasteiger partial charge < -0.3 is 9.64 Å². The van der Waals surface area contributed by atoms with Crippen molar-refractivity contribution in [2.45, 2.75) is 38.6 Å². The van der Waals surface area contributed by atoms with Gasteiger partial charge in [0.2, 0.25) is 5.91 Å². The zero-order chi connectivity index (χ0) is 17.3. The number of hydrogen-bond acceptors (Lipinski definition) is 4. The number of piperidine rings is 1. The van der Waals surface area contributed by atoms with Crippen LogP contribution in [0.1, 0.15) is 37.0 Å². The summed E-state index contributed by atoms with van der Waals surface area (Å²) in [7, 11) is 1.82. The van der Waals surface area contributed by atoms with Gasteiger partial charge in [-0.2, -0.15) is 0 Å². The topological polar surface area (TPSA) is 32.8 Å². The molecule has 1 amide bonds. The van der Waals surface area contributed by atoms with E-state index in [0.717, 1.165) is 58.6 Å². The molecule has 0 bridgehead atoms. The van der Waals surface area contributed by atoms with E-state index in [1.54, 1.807) is 0 Å². The first-order valence-electron chi connectivity index (χ1n) is 9.70. The minimum atomic E-state index is 0.337. The molecular formula is C20H30N2O2S. The second-order valence-corrected chi connectivity index (χ2v) is 9.32. The number of amides is 1. The van der Waals surface area contributed by atoms with Crippen molar-refractivity contribution in [2.75, 3.05) is 39.9 Å². The van der Waals surface area contributed by atoms with E-state index in [2.05, 4.69) is 27.3 Å². The molecule has 1 aromatic heterocycles. The molecule has 1 saturated carbocycles. The lowest BCUT2D eigenvalue weighted by atomic mass is 9.71. The Morgan fingerprint density at radius 3 is 2.80 bits per heavy atom. The van der Waals surface area contributed by atoms with Crippen LogP contribution in [0, 0.1) is 17.3 Å². The van der Waals surface area contributed by atoms with E-state index in [0.29, 0.717) is 23.2 Å². The first-order chi connectivity index (χ1) is 12.2. The number of carbonyl (C=O) groups excluding carboxylic acids is 1. The number of nitrogens with zero attached hydrogens (tertiary/aromatic N) is 2. The quantitative estimate of drug-likeness (QED) is 0.779. The van der Waals surface area contributed by atoms with E-state index < -0.39 is 0 Å². The average Bonchev–Trinajstić information content (AvgIpc) is 3.16. The second kappa shape index (κ2) is 7.37. The summed E-state index contributed by atoms with van der Waals surface area (Å²) in [6.07, 6.45) is 5.59. The third kappa shape index (κ3) is 3.93. The molecule has 25 heavy (non-hydrogen) atoms. The lowest BCUT2D eigenvalue weighted by Gasteiger charge is -2.42. The molecule has 4 nitrogen and oxygen atoms in total. The molecular weight excluding hydrogens is 332 g/mol. The van der Waals surface area contributed by atoms with Crippen molar-refractivity contribution < 1.29 is 9.53 Å². The van der Waals surface area contributed by atoms with Crippen LogP contribution >= 0.6 is 11.3 Å². The summed E-state index contributed by atoms with van der Waals surface area (Å²) in [6.45, 7) is 6.07. The molecule has 138 valence electrons. The van der Waals surface area contributed by atoms with Crippen LogP contribution in [0.2, 0.25) is 0 Å². The summed E-state index contributed by atoms with van der Waals surface area (Å²) in [5.41, 5.74) is 0.337. The largest absolute Gasteiger partial charge is 0.384 e. The van der Waals surface area contributed by atoms with Gasteiger partial charge in [0, 0.05) is 57.0 Å². The molecule has 4 rings (SSSR count). The molecule has 2 saturated heterocycles. The summed E-state index contributed by atoms with van der Waals surface area (Å²) < 4.78 is 5.57. The fourth-order valence-electron chi connectivity index (χ4n) is 4.78. The predicted molar refractivity (Wildman–Crippen MR) is 101 cm³/mol. The smallest absolute Gasteiger partial charge is 0.222 e. The number of ether oxygens (including phenoxy) is 1. The Hall–Kier alpha value is -0.910. The minimum Gasteiger partial charge on any atom is -0.384 e. The highest BCUT2D eigenvalue weighted by atomic mass is 32.1. The lowest BCUT2D eigenvalue weighted by molar-refractivity contribution is -0.134. The summed E-state index contributed by atoms with van der Waals surface area (Å²) in [6, 6.07) is 4.38. The van der Waals surface area contributed by atoms with E-state index in [1.807, 2.05) is 18.4 Å². The van der Waals surface area contributed by atoms with Crippen LogP contribution in [0.15, 0.2) is 17.5 Å². The number of hydrogen-bond donors (Lipinski definition) is 0. The molecule has 2 aliphatic heterocycles. The molecule has 0 N–H and O–H groups in total. The van der Waals surface area contributed by atoms with Crippen LogP contribution in [0.25, 0.3) is 0 Å². The Kier molecular flexibility index (Phi) is 5.16. The number of likely N-dealkylation sites (tertiary alicyclic amines) is 2. The molecule has 3 fully saturated rings. The molecule has 1 spiro atoms. The number of rotatable bonds is 6. The second-order valence-electron chi connectivity index (χ2n) is 8.29. The SMILES string of the molecule is COCC1CN(Cc2cccs2)CC12CCN(C(=O)CC1CC1)CC2. The van der Waals surface area contributed by atoms with E-state index in [9.17, 15) is 4.79 Å². The van der Waals surface area contributed by atoms with E-state index in [4.69, 9.17) is 4.74 Å². The van der Waals surface area contributed by atoms with Gasteiger partial charge in [0.15, 0.2) is 0 Å². The van der Waals surface area contributed by atoms with Crippen molar-refractivity contribution in [1.82, 2.24) is 9.80 Å². The Morgan fingerprint density at radius 1 is 1.36 bits per heavy atom. The minimum absolute atomic E-state index is 0.337. The van der Waals surface area contributed by atoms with Gasteiger partial charge >= 0.3 is 0 Å². The van der Waals surface area contributed by atoms with Crippen LogP contribution in [0.5, 0.6) is 0 Å². The van der Waals surface area contributed by atoms with Crippen molar-refractivity contribution in [3.05, 3.63) is 22.4 Å². The summed E-state index contributed by atoms with van der Waals surface area (Å²) in [5.74, 6) is 1.68. The predicted octanol–water partition coefficient (Wildman–Crippen LogP) is 3.24. The van der Waals surface area contributed by atoms with E-state index in [1.165, 1.54) is 17.7 Å². The van der Waals surface area contributed by atoms with Crippen LogP contribution in [0.4, 0.5) is 0 Å². The first kappa shape index (κ1) is 17.5. The highest BCUT2D eigenvalue weighted by Gasteiger charge is 2.48. The monoisotopic (exact) mass is 362 g/mol. The van der Waals surface area contributed by atoms with Crippen LogP contribution < -0.4 is 0 Å². The lowest BCUT2D eigenvalue weighted by Crippen LogP contribution is -2.47. The van der Waals surface area contributed by atoms with Crippen molar-refractivity contribution in [3.8, 4) is 0 Å². The number of methoxy groups -OCH3 is 1. The Balaban J connectivity index is 1.37. The van der Waals surface area contributed by atoms with Crippen molar-refractivity contribution in [1.29, 1.82) is 0 Å². The zero-order valence-corrected chi connectivity index (χ0v) is 16.1. The molecule has 3 heterocycles. The standard InChI is InChI=1S/C20H30N2O2S/c1-24-14-17-12-21(13-18-3-2-10-25-18)15-20(17)6-8-22(9-7-20)19(23)11-16-4-5-16/h2-3,10,16-17H,4-9,11-15H2,1H3. The Morgan fingerprint density at radius 2 is 2.16 bits per heavy atom. The van der Waals surface area contributed by atoms with Gasteiger partial charge in [0.1, 0.15) is 0 Å². The molecule has 0 aromatic carbocycles. The van der Waals surface area contributed by atoms with Gasteiger partial charge in [0.05, 0.1) is 6.61 Å². The van der Waals surface area contributed by atoms with Gasteiger partial charge in [-0.25, -0.2) is 0 Å². The molecule has 0 radical (unpaired) electrons. The molecule has 1 aliphatic carbocycles. The third-order valence-electron chi connectivity index (χ3n) is 6.48. The maximum absolute atomic E-state index is 12.4. The van der Waals surface area contributed by atoms with E-state index in [-0.39, 0.29) is 0 Å². The van der Waals surface area contributed by atoms with E-state index >= 15 is 0 Å². The van der Waals surface area contributed by atoms with Crippen molar-refractivity contribution in [2.24, 2.45) is 17.3 Å². The molecule has 5 heteroatoms. The van der Waals surface area contributed by atoms with Gasteiger partial charge in [-0.3, -0.25) is 9.69 Å². The van der Waals surface area contributed by atoms with Gasteiger partial charge in [0.25, 0.3) is 0 Å². The van der Waals surface area contributed by atoms with Crippen LogP contribution in [-0.2, 0) is 16.1 Å². The van der Waals surface area contributed by atoms with Gasteiger partial charge in [-0.1, -0.05) is 6.07 Å². The summed E-state index contributed by atoms with van der Waals surface area (Å²) in [5, 5.41) is 2.16. The zero-order valence-electron chi connectivity index (χ0n) is 15.3. The maximum Gasteiger partial charge on any atom is 0.222 e. The fraction of sp³-hybridized carbons (Fsp3) is 0.750. The highest BCUT2D eigenvalue weighted by Crippen LogP contribution is 2.45. The van der Waals surface area contributed by atoms with Crippen molar-refractivity contribution in [3.63, 3.8) is 0 Å². The van der Waals surface area contributed by atoms with Crippen LogP contribution in [0.3, 0.4) is 0 Å². The Labute approximate surface area is 155 Å². The number of carbonyl (C=O) groups is 1. The van der Waals surface area contributed by atoms with Crippen molar-refractivity contribution >= 4 is 17.2 Å².